The molecular formula is C14H30N2O2. The van der Waals surface area contributed by atoms with E-state index in [1.807, 2.05) is 0 Å². The molecule has 2 atom stereocenters. The summed E-state index contributed by atoms with van der Waals surface area (Å²) in [6.07, 6.45) is 0.602. The normalized spacial score (nSPS) is 17.1. The van der Waals surface area contributed by atoms with Gasteiger partial charge in [-0.05, 0) is 40.0 Å². The van der Waals surface area contributed by atoms with Gasteiger partial charge in [0.15, 0.2) is 0 Å². The van der Waals surface area contributed by atoms with Crippen LogP contribution < -0.4 is 5.73 Å². The highest BCUT2D eigenvalue weighted by atomic mass is 16.5. The standard InChI is InChI=1S/C14H30N2O2/c1-10(2)9-16(11(3)4)12(5)8-14(6,15)13(17)18-7/h10-12H,8-9,15H2,1-7H3. The van der Waals surface area contributed by atoms with Gasteiger partial charge in [0.2, 0.25) is 0 Å². The van der Waals surface area contributed by atoms with E-state index in [9.17, 15) is 4.79 Å². The Hall–Kier alpha value is -0.610. The van der Waals surface area contributed by atoms with E-state index < -0.39 is 5.54 Å². The number of carbonyl (C=O) groups is 1. The van der Waals surface area contributed by atoms with E-state index >= 15 is 0 Å². The molecule has 0 aliphatic heterocycles. The first-order chi connectivity index (χ1) is 8.11. The topological polar surface area (TPSA) is 55.6 Å². The number of rotatable bonds is 7. The van der Waals surface area contributed by atoms with Crippen molar-refractivity contribution in [2.45, 2.75) is 65.6 Å². The molecule has 0 saturated heterocycles. The van der Waals surface area contributed by atoms with Gasteiger partial charge in [-0.3, -0.25) is 9.69 Å². The molecular weight excluding hydrogens is 228 g/mol. The first-order valence-electron chi connectivity index (χ1n) is 6.74. The van der Waals surface area contributed by atoms with Gasteiger partial charge in [-0.15, -0.1) is 0 Å². The predicted molar refractivity (Wildman–Crippen MR) is 75.4 cm³/mol. The average Bonchev–Trinajstić information content (AvgIpc) is 2.23. The fourth-order valence-corrected chi connectivity index (χ4v) is 2.37. The molecule has 2 unspecified atom stereocenters. The number of carbonyl (C=O) groups excluding carboxylic acids is 1. The third kappa shape index (κ3) is 5.36. The van der Waals surface area contributed by atoms with E-state index in [2.05, 4.69) is 39.5 Å². The third-order valence-corrected chi connectivity index (χ3v) is 3.18. The van der Waals surface area contributed by atoms with Gasteiger partial charge < -0.3 is 10.5 Å². The molecule has 0 aromatic rings. The van der Waals surface area contributed by atoms with Gasteiger partial charge in [0.05, 0.1) is 7.11 Å². The van der Waals surface area contributed by atoms with Crippen molar-refractivity contribution in [2.75, 3.05) is 13.7 Å². The molecule has 0 bridgehead atoms. The number of esters is 1. The Bertz CT molecular complexity index is 263. The van der Waals surface area contributed by atoms with Crippen molar-refractivity contribution >= 4 is 5.97 Å². The van der Waals surface area contributed by atoms with Crippen molar-refractivity contribution in [3.05, 3.63) is 0 Å². The monoisotopic (exact) mass is 258 g/mol. The maximum Gasteiger partial charge on any atom is 0.325 e. The number of ether oxygens (including phenoxy) is 1. The molecule has 0 aromatic heterocycles. The molecule has 108 valence electrons. The van der Waals surface area contributed by atoms with Crippen molar-refractivity contribution in [3.63, 3.8) is 0 Å². The lowest BCUT2D eigenvalue weighted by Gasteiger charge is -2.37. The fourth-order valence-electron chi connectivity index (χ4n) is 2.37. The van der Waals surface area contributed by atoms with Crippen LogP contribution in [0.2, 0.25) is 0 Å². The SMILES string of the molecule is COC(=O)C(C)(N)CC(C)N(CC(C)C)C(C)C. The lowest BCUT2D eigenvalue weighted by atomic mass is 9.93. The molecule has 0 amide bonds. The highest BCUT2D eigenvalue weighted by Gasteiger charge is 2.33. The van der Waals surface area contributed by atoms with E-state index in [-0.39, 0.29) is 12.0 Å². The second kappa shape index (κ2) is 7.10. The number of hydrogen-bond donors (Lipinski definition) is 1. The summed E-state index contributed by atoms with van der Waals surface area (Å²) in [5.41, 5.74) is 5.12. The summed E-state index contributed by atoms with van der Waals surface area (Å²) in [4.78, 5) is 14.0. The first-order valence-corrected chi connectivity index (χ1v) is 6.74. The summed E-state index contributed by atoms with van der Waals surface area (Å²) in [6, 6.07) is 0.692. The summed E-state index contributed by atoms with van der Waals surface area (Å²) in [7, 11) is 1.38. The third-order valence-electron chi connectivity index (χ3n) is 3.18. The summed E-state index contributed by atoms with van der Waals surface area (Å²) in [5.74, 6) is 0.250. The molecule has 18 heavy (non-hydrogen) atoms. The number of nitrogens with two attached hydrogens (primary N) is 1. The zero-order valence-electron chi connectivity index (χ0n) is 13.0. The van der Waals surface area contributed by atoms with Gasteiger partial charge in [0.25, 0.3) is 0 Å². The molecule has 0 radical (unpaired) electrons. The zero-order chi connectivity index (χ0) is 14.5. The highest BCUT2D eigenvalue weighted by Crippen LogP contribution is 2.18. The van der Waals surface area contributed by atoms with Crippen LogP contribution in [0.25, 0.3) is 0 Å². The molecule has 0 fully saturated rings. The Morgan fingerprint density at radius 1 is 1.28 bits per heavy atom. The highest BCUT2D eigenvalue weighted by molar-refractivity contribution is 5.79. The van der Waals surface area contributed by atoms with Crippen LogP contribution in [0, 0.1) is 5.92 Å². The Balaban J connectivity index is 4.69. The quantitative estimate of drug-likeness (QED) is 0.710. The van der Waals surface area contributed by atoms with Gasteiger partial charge >= 0.3 is 5.97 Å². The Kier molecular flexibility index (Phi) is 6.86. The van der Waals surface area contributed by atoms with Crippen molar-refractivity contribution in [3.8, 4) is 0 Å². The summed E-state index contributed by atoms with van der Waals surface area (Å²) < 4.78 is 4.75. The second-order valence-electron chi connectivity index (χ2n) is 6.15. The van der Waals surface area contributed by atoms with Crippen LogP contribution in [0.1, 0.15) is 48.0 Å². The number of methoxy groups -OCH3 is 1. The second-order valence-corrected chi connectivity index (χ2v) is 6.15. The van der Waals surface area contributed by atoms with Gasteiger partial charge in [0, 0.05) is 18.6 Å². The summed E-state index contributed by atoms with van der Waals surface area (Å²) in [5, 5.41) is 0. The Labute approximate surface area is 112 Å². The Morgan fingerprint density at radius 3 is 2.11 bits per heavy atom. The van der Waals surface area contributed by atoms with Gasteiger partial charge in [-0.2, -0.15) is 0 Å². The van der Waals surface area contributed by atoms with E-state index in [1.165, 1.54) is 7.11 Å². The molecule has 0 aliphatic rings. The summed E-state index contributed by atoms with van der Waals surface area (Å²) in [6.45, 7) is 13.6. The van der Waals surface area contributed by atoms with E-state index in [4.69, 9.17) is 10.5 Å². The predicted octanol–water partition coefficient (Wildman–Crippen LogP) is 2.02. The van der Waals surface area contributed by atoms with Crippen LogP contribution in [0.4, 0.5) is 0 Å². The van der Waals surface area contributed by atoms with Crippen molar-refractivity contribution in [2.24, 2.45) is 11.7 Å². The van der Waals surface area contributed by atoms with E-state index in [1.54, 1.807) is 6.92 Å². The maximum atomic E-state index is 11.6. The molecule has 0 spiro atoms. The first kappa shape index (κ1) is 17.4. The lowest BCUT2D eigenvalue weighted by Crippen LogP contribution is -2.52. The van der Waals surface area contributed by atoms with Crippen molar-refractivity contribution in [1.29, 1.82) is 0 Å². The van der Waals surface area contributed by atoms with Crippen molar-refractivity contribution in [1.82, 2.24) is 4.90 Å². The number of hydrogen-bond acceptors (Lipinski definition) is 4. The van der Waals surface area contributed by atoms with Crippen LogP contribution >= 0.6 is 0 Å². The van der Waals surface area contributed by atoms with Gasteiger partial charge in [-0.25, -0.2) is 0 Å². The summed E-state index contributed by atoms with van der Waals surface area (Å²) >= 11 is 0. The minimum Gasteiger partial charge on any atom is -0.468 e. The molecule has 0 saturated carbocycles. The minimum atomic E-state index is -0.918. The average molecular weight is 258 g/mol. The lowest BCUT2D eigenvalue weighted by molar-refractivity contribution is -0.147. The Morgan fingerprint density at radius 2 is 1.78 bits per heavy atom. The van der Waals surface area contributed by atoms with Crippen LogP contribution in [-0.2, 0) is 9.53 Å². The molecule has 0 rings (SSSR count). The molecule has 0 aliphatic carbocycles. The molecule has 0 aromatic carbocycles. The fraction of sp³-hybridized carbons (Fsp3) is 0.929. The van der Waals surface area contributed by atoms with Crippen molar-refractivity contribution < 1.29 is 9.53 Å². The zero-order valence-corrected chi connectivity index (χ0v) is 13.0. The van der Waals surface area contributed by atoms with Crippen LogP contribution in [-0.4, -0.2) is 42.1 Å². The van der Waals surface area contributed by atoms with Gasteiger partial charge in [0.1, 0.15) is 5.54 Å². The number of nitrogens with zero attached hydrogens (tertiary/aromatic N) is 1. The van der Waals surface area contributed by atoms with Crippen LogP contribution in [0.15, 0.2) is 0 Å². The largest absolute Gasteiger partial charge is 0.468 e. The minimum absolute atomic E-state index is 0.251. The maximum absolute atomic E-state index is 11.6. The van der Waals surface area contributed by atoms with Gasteiger partial charge in [-0.1, -0.05) is 13.8 Å². The molecule has 4 nitrogen and oxygen atoms in total. The molecule has 0 heterocycles. The molecule has 2 N–H and O–H groups in total. The van der Waals surface area contributed by atoms with Crippen LogP contribution in [0.5, 0.6) is 0 Å². The molecule has 4 heteroatoms. The van der Waals surface area contributed by atoms with E-state index in [0.29, 0.717) is 18.4 Å². The van der Waals surface area contributed by atoms with E-state index in [0.717, 1.165) is 6.54 Å². The smallest absolute Gasteiger partial charge is 0.325 e. The van der Waals surface area contributed by atoms with Crippen LogP contribution in [0.3, 0.4) is 0 Å².